The topological polar surface area (TPSA) is 128 Å². The Kier molecular flexibility index (Phi) is 5.92. The van der Waals surface area contributed by atoms with Crippen molar-refractivity contribution in [2.45, 2.75) is 45.4 Å². The fraction of sp³-hybridized carbons (Fsp3) is 0.280. The monoisotopic (exact) mass is 535 g/mol. The maximum Gasteiger partial charge on any atom is 0.259 e. The Labute approximate surface area is 220 Å². The van der Waals surface area contributed by atoms with Crippen LogP contribution in [0.1, 0.15) is 41.9 Å². The molecule has 13 heteroatoms. The molecule has 0 bridgehead atoms. The van der Waals surface area contributed by atoms with Gasteiger partial charge in [0, 0.05) is 18.0 Å². The molecule has 1 atom stereocenters. The summed E-state index contributed by atoms with van der Waals surface area (Å²) in [5.41, 5.74) is 3.67. The van der Waals surface area contributed by atoms with Crippen molar-refractivity contribution in [2.75, 3.05) is 5.32 Å². The molecule has 0 aliphatic heterocycles. The second kappa shape index (κ2) is 9.30. The normalized spacial score (nSPS) is 14.2. The molecule has 4 aromatic heterocycles. The summed E-state index contributed by atoms with van der Waals surface area (Å²) in [5.74, 6) is -0.961. The Morgan fingerprint density at radius 2 is 2.08 bits per heavy atom. The van der Waals surface area contributed by atoms with E-state index in [-0.39, 0.29) is 28.1 Å². The van der Waals surface area contributed by atoms with Gasteiger partial charge in [0.05, 0.1) is 57.9 Å². The maximum absolute atomic E-state index is 14.7. The van der Waals surface area contributed by atoms with Gasteiger partial charge >= 0.3 is 0 Å². The number of fused-ring (bicyclic) bond motifs is 1. The van der Waals surface area contributed by atoms with Crippen LogP contribution in [0.2, 0.25) is 5.02 Å². The number of carbonyl (C=O) groups excluding carboxylic acids is 1. The van der Waals surface area contributed by atoms with Gasteiger partial charge in [-0.05, 0) is 61.7 Å². The lowest BCUT2D eigenvalue weighted by molar-refractivity contribution is 0.102. The largest absolute Gasteiger partial charge is 0.391 e. The third kappa shape index (κ3) is 4.52. The summed E-state index contributed by atoms with van der Waals surface area (Å²) in [5, 5.41) is 33.5. The molecular formula is C25H23ClFN9O2. The third-order valence-electron chi connectivity index (χ3n) is 6.32. The number of halogens is 2. The van der Waals surface area contributed by atoms with Gasteiger partial charge in [-0.25, -0.2) is 8.91 Å². The van der Waals surface area contributed by atoms with Gasteiger partial charge in [0.2, 0.25) is 5.82 Å². The Balaban J connectivity index is 1.30. The van der Waals surface area contributed by atoms with Crippen LogP contribution in [-0.2, 0) is 6.54 Å². The summed E-state index contributed by atoms with van der Waals surface area (Å²) in [6, 6.07) is 6.44. The molecular weight excluding hydrogens is 513 g/mol. The highest BCUT2D eigenvalue weighted by atomic mass is 35.5. The Morgan fingerprint density at radius 3 is 2.84 bits per heavy atom. The number of tetrazole rings is 1. The first-order chi connectivity index (χ1) is 18.3. The number of hydrogen-bond donors (Lipinski definition) is 2. The quantitative estimate of drug-likeness (QED) is 0.323. The summed E-state index contributed by atoms with van der Waals surface area (Å²) >= 11 is 6.27. The number of amides is 1. The zero-order valence-electron chi connectivity index (χ0n) is 20.5. The average Bonchev–Trinajstić information content (AvgIpc) is 3.28. The molecule has 2 N–H and O–H groups in total. The molecule has 11 nitrogen and oxygen atoms in total. The zero-order chi connectivity index (χ0) is 26.6. The van der Waals surface area contributed by atoms with E-state index in [0.29, 0.717) is 17.6 Å². The third-order valence-corrected chi connectivity index (χ3v) is 6.64. The number of aliphatic hydroxyl groups is 1. The van der Waals surface area contributed by atoms with Gasteiger partial charge in [0.25, 0.3) is 5.91 Å². The van der Waals surface area contributed by atoms with E-state index in [1.807, 2.05) is 25.3 Å². The number of carbonyl (C=O) groups is 1. The molecule has 1 aromatic carbocycles. The molecule has 194 valence electrons. The van der Waals surface area contributed by atoms with Gasteiger partial charge < -0.3 is 10.4 Å². The molecule has 0 saturated heterocycles. The first kappa shape index (κ1) is 24.2. The van der Waals surface area contributed by atoms with Crippen LogP contribution in [0.4, 0.5) is 10.1 Å². The SMILES string of the molecule is Cc1nn(C[C@@H](C)O)cc1-c1ccn2ncc(C(=O)Nc3cc(-c4nnn(C5CC5)n4)c(F)cc3Cl)c2c1. The van der Waals surface area contributed by atoms with Crippen LogP contribution in [0.25, 0.3) is 28.0 Å². The van der Waals surface area contributed by atoms with E-state index < -0.39 is 17.8 Å². The molecule has 0 radical (unpaired) electrons. The smallest absolute Gasteiger partial charge is 0.259 e. The molecule has 0 unspecified atom stereocenters. The molecule has 1 amide bonds. The predicted octanol–water partition coefficient (Wildman–Crippen LogP) is 3.92. The number of aromatic nitrogens is 8. The number of aliphatic hydroxyl groups excluding tert-OH is 1. The minimum absolute atomic E-state index is 0.0347. The van der Waals surface area contributed by atoms with Crippen LogP contribution < -0.4 is 5.32 Å². The van der Waals surface area contributed by atoms with Gasteiger partial charge in [0.1, 0.15) is 5.82 Å². The first-order valence-corrected chi connectivity index (χ1v) is 12.4. The van der Waals surface area contributed by atoms with E-state index in [0.717, 1.165) is 35.7 Å². The molecule has 0 spiro atoms. The van der Waals surface area contributed by atoms with Crippen molar-refractivity contribution in [3.05, 3.63) is 65.0 Å². The lowest BCUT2D eigenvalue weighted by atomic mass is 10.1. The summed E-state index contributed by atoms with van der Waals surface area (Å²) < 4.78 is 18.0. The number of benzene rings is 1. The van der Waals surface area contributed by atoms with Crippen LogP contribution in [0.15, 0.2) is 42.9 Å². The van der Waals surface area contributed by atoms with Crippen LogP contribution in [0.5, 0.6) is 0 Å². The number of hydrogen-bond acceptors (Lipinski definition) is 7. The second-order valence-corrected chi connectivity index (χ2v) is 9.84. The fourth-order valence-corrected chi connectivity index (χ4v) is 4.49. The Hall–Kier alpha value is -4.16. The Bertz CT molecular complexity index is 1690. The highest BCUT2D eigenvalue weighted by molar-refractivity contribution is 6.34. The van der Waals surface area contributed by atoms with Crippen molar-refractivity contribution < 1.29 is 14.3 Å². The first-order valence-electron chi connectivity index (χ1n) is 12.1. The summed E-state index contributed by atoms with van der Waals surface area (Å²) in [7, 11) is 0. The number of anilines is 1. The number of pyridine rings is 1. The van der Waals surface area contributed by atoms with Gasteiger partial charge in [0.15, 0.2) is 0 Å². The lowest BCUT2D eigenvalue weighted by Gasteiger charge is -2.09. The molecule has 1 saturated carbocycles. The molecule has 1 fully saturated rings. The van der Waals surface area contributed by atoms with Gasteiger partial charge in [-0.15, -0.1) is 10.2 Å². The van der Waals surface area contributed by atoms with Gasteiger partial charge in [-0.1, -0.05) is 11.6 Å². The van der Waals surface area contributed by atoms with Crippen molar-refractivity contribution in [2.24, 2.45) is 0 Å². The summed E-state index contributed by atoms with van der Waals surface area (Å²) in [6.45, 7) is 3.95. The van der Waals surface area contributed by atoms with Crippen molar-refractivity contribution in [3.8, 4) is 22.5 Å². The molecule has 1 aliphatic carbocycles. The molecule has 6 rings (SSSR count). The van der Waals surface area contributed by atoms with E-state index in [1.54, 1.807) is 22.3 Å². The van der Waals surface area contributed by atoms with Gasteiger partial charge in [-0.3, -0.25) is 9.48 Å². The van der Waals surface area contributed by atoms with Gasteiger partial charge in [-0.2, -0.15) is 15.0 Å². The van der Waals surface area contributed by atoms with E-state index in [1.165, 1.54) is 17.1 Å². The van der Waals surface area contributed by atoms with E-state index in [9.17, 15) is 14.3 Å². The Morgan fingerprint density at radius 1 is 1.26 bits per heavy atom. The number of nitrogens with one attached hydrogen (secondary N) is 1. The predicted molar refractivity (Wildman–Crippen MR) is 137 cm³/mol. The standard InChI is InChI=1S/C25H23ClFN9O2/c1-13(37)11-34-12-19(14(2)31-34)15-5-6-35-23(7-15)18(10-28-35)25(38)29-22-8-17(21(27)9-20(22)26)24-30-33-36(32-24)16-3-4-16/h5-10,12-13,16,37H,3-4,11H2,1-2H3,(H,29,38)/t13-/m1/s1. The average molecular weight is 536 g/mol. The van der Waals surface area contributed by atoms with Crippen LogP contribution in [0, 0.1) is 12.7 Å². The highest BCUT2D eigenvalue weighted by Gasteiger charge is 2.27. The van der Waals surface area contributed by atoms with Crippen molar-refractivity contribution in [1.29, 1.82) is 0 Å². The minimum Gasteiger partial charge on any atom is -0.391 e. The minimum atomic E-state index is -0.615. The number of aryl methyl sites for hydroxylation is 1. The molecule has 1 aliphatic rings. The highest BCUT2D eigenvalue weighted by Crippen LogP contribution is 2.35. The second-order valence-electron chi connectivity index (χ2n) is 9.43. The maximum atomic E-state index is 14.7. The summed E-state index contributed by atoms with van der Waals surface area (Å²) in [6.07, 6.45) is 6.47. The lowest BCUT2D eigenvalue weighted by Crippen LogP contribution is -2.12. The van der Waals surface area contributed by atoms with E-state index >= 15 is 0 Å². The van der Waals surface area contributed by atoms with Crippen molar-refractivity contribution in [3.63, 3.8) is 0 Å². The van der Waals surface area contributed by atoms with Crippen molar-refractivity contribution in [1.82, 2.24) is 39.6 Å². The van der Waals surface area contributed by atoms with Crippen molar-refractivity contribution >= 4 is 28.7 Å². The molecule has 38 heavy (non-hydrogen) atoms. The molecule has 5 aromatic rings. The van der Waals surface area contributed by atoms with Crippen LogP contribution in [0.3, 0.4) is 0 Å². The summed E-state index contributed by atoms with van der Waals surface area (Å²) in [4.78, 5) is 14.8. The number of rotatable bonds is 7. The van der Waals surface area contributed by atoms with Crippen LogP contribution in [-0.4, -0.2) is 56.7 Å². The van der Waals surface area contributed by atoms with Crippen LogP contribution >= 0.6 is 11.6 Å². The fourth-order valence-electron chi connectivity index (χ4n) is 4.29. The van der Waals surface area contributed by atoms with E-state index in [4.69, 9.17) is 11.6 Å². The molecule has 4 heterocycles. The zero-order valence-corrected chi connectivity index (χ0v) is 21.3. The van der Waals surface area contributed by atoms with E-state index in [2.05, 4.69) is 30.9 Å². The number of nitrogens with zero attached hydrogens (tertiary/aromatic N) is 8.